The number of nitrogens with zero attached hydrogens (tertiary/aromatic N) is 3. The molecule has 0 bridgehead atoms. The summed E-state index contributed by atoms with van der Waals surface area (Å²) < 4.78 is 6.83. The van der Waals surface area contributed by atoms with E-state index in [1.165, 1.54) is 22.2 Å². The number of fused-ring (bicyclic) bond motifs is 3. The Labute approximate surface area is 143 Å². The molecule has 0 aromatic carbocycles. The lowest BCUT2D eigenvalue weighted by molar-refractivity contribution is 0.189. The minimum atomic E-state index is -0.236. The van der Waals surface area contributed by atoms with E-state index in [4.69, 9.17) is 15.0 Å². The van der Waals surface area contributed by atoms with Crippen LogP contribution in [-0.4, -0.2) is 28.5 Å². The molecule has 0 unspecified atom stereocenters. The number of aromatic nitrogens is 2. The van der Waals surface area contributed by atoms with Gasteiger partial charge in [-0.1, -0.05) is 11.8 Å². The number of ether oxygens (including phenoxy) is 1. The Morgan fingerprint density at radius 2 is 2.35 bits per heavy atom. The van der Waals surface area contributed by atoms with Crippen LogP contribution in [0.3, 0.4) is 0 Å². The van der Waals surface area contributed by atoms with Crippen molar-refractivity contribution in [2.75, 3.05) is 13.7 Å². The van der Waals surface area contributed by atoms with Gasteiger partial charge in [0.15, 0.2) is 5.16 Å². The van der Waals surface area contributed by atoms with E-state index in [-0.39, 0.29) is 10.8 Å². The highest BCUT2D eigenvalue weighted by Gasteiger charge is 2.23. The molecule has 23 heavy (non-hydrogen) atoms. The third-order valence-electron chi connectivity index (χ3n) is 3.98. The predicted molar refractivity (Wildman–Crippen MR) is 93.3 cm³/mol. The Bertz CT molecular complexity index is 819. The zero-order valence-corrected chi connectivity index (χ0v) is 14.9. The van der Waals surface area contributed by atoms with Gasteiger partial charge in [-0.15, -0.1) is 11.3 Å². The van der Waals surface area contributed by atoms with Gasteiger partial charge < -0.3 is 4.74 Å². The molecule has 3 rings (SSSR count). The second kappa shape index (κ2) is 7.04. The highest BCUT2D eigenvalue weighted by molar-refractivity contribution is 8.00. The second-order valence-corrected chi connectivity index (χ2v) is 8.02. The smallest absolute Gasteiger partial charge is 0.263 e. The van der Waals surface area contributed by atoms with Gasteiger partial charge in [-0.2, -0.15) is 5.26 Å². The largest absolute Gasteiger partial charge is 0.385 e. The van der Waals surface area contributed by atoms with Crippen LogP contribution in [0.5, 0.6) is 0 Å². The number of thioether (sulfide) groups is 1. The van der Waals surface area contributed by atoms with Crippen molar-refractivity contribution >= 4 is 33.3 Å². The molecular formula is C16H19N3O2S2. The van der Waals surface area contributed by atoms with Gasteiger partial charge in [0.1, 0.15) is 4.83 Å². The predicted octanol–water partition coefficient (Wildman–Crippen LogP) is 2.99. The molecule has 0 aliphatic heterocycles. The van der Waals surface area contributed by atoms with E-state index in [9.17, 15) is 4.79 Å². The maximum absolute atomic E-state index is 13.0. The van der Waals surface area contributed by atoms with E-state index in [1.54, 1.807) is 23.0 Å². The molecule has 7 heteroatoms. The lowest BCUT2D eigenvalue weighted by Crippen LogP contribution is -2.24. The van der Waals surface area contributed by atoms with Crippen LogP contribution in [0.1, 0.15) is 30.2 Å². The van der Waals surface area contributed by atoms with Crippen LogP contribution in [0.2, 0.25) is 0 Å². The summed E-state index contributed by atoms with van der Waals surface area (Å²) in [6.07, 6.45) is 3.91. The maximum atomic E-state index is 13.0. The fraction of sp³-hybridized carbons (Fsp3) is 0.562. The number of thiophene rings is 1. The zero-order valence-electron chi connectivity index (χ0n) is 13.3. The topological polar surface area (TPSA) is 67.9 Å². The Balaban J connectivity index is 2.10. The number of rotatable bonds is 6. The minimum absolute atomic E-state index is 0.0399. The minimum Gasteiger partial charge on any atom is -0.385 e. The number of aryl methyl sites for hydroxylation is 2. The molecule has 0 fully saturated rings. The fourth-order valence-corrected chi connectivity index (χ4v) is 5.02. The third kappa shape index (κ3) is 3.16. The Hall–Kier alpha value is -1.36. The molecule has 0 saturated carbocycles. The Morgan fingerprint density at radius 1 is 1.52 bits per heavy atom. The summed E-state index contributed by atoms with van der Waals surface area (Å²) >= 11 is 3.00. The van der Waals surface area contributed by atoms with Crippen molar-refractivity contribution in [2.45, 2.75) is 49.6 Å². The quantitative estimate of drug-likeness (QED) is 0.456. The summed E-state index contributed by atoms with van der Waals surface area (Å²) in [5.74, 6) is 0. The van der Waals surface area contributed by atoms with Gasteiger partial charge in [0.05, 0.1) is 16.7 Å². The van der Waals surface area contributed by atoms with E-state index in [2.05, 4.69) is 6.07 Å². The summed E-state index contributed by atoms with van der Waals surface area (Å²) in [7, 11) is 1.66. The third-order valence-corrected chi connectivity index (χ3v) is 6.15. The van der Waals surface area contributed by atoms with Crippen LogP contribution in [-0.2, 0) is 24.1 Å². The summed E-state index contributed by atoms with van der Waals surface area (Å²) in [5.41, 5.74) is 1.24. The van der Waals surface area contributed by atoms with Gasteiger partial charge in [-0.05, 0) is 38.2 Å². The zero-order chi connectivity index (χ0) is 16.4. The molecule has 1 atom stereocenters. The van der Waals surface area contributed by atoms with Crippen molar-refractivity contribution in [1.29, 1.82) is 5.26 Å². The van der Waals surface area contributed by atoms with E-state index < -0.39 is 0 Å². The Morgan fingerprint density at radius 3 is 3.09 bits per heavy atom. The highest BCUT2D eigenvalue weighted by Crippen LogP contribution is 2.35. The second-order valence-electron chi connectivity index (χ2n) is 5.62. The molecule has 2 heterocycles. The number of hydrogen-bond acceptors (Lipinski definition) is 6. The first-order valence-electron chi connectivity index (χ1n) is 7.76. The van der Waals surface area contributed by atoms with Crippen molar-refractivity contribution in [3.8, 4) is 6.07 Å². The van der Waals surface area contributed by atoms with Crippen molar-refractivity contribution in [1.82, 2.24) is 9.55 Å². The molecule has 2 aromatic heterocycles. The average molecular weight is 349 g/mol. The van der Waals surface area contributed by atoms with E-state index in [0.29, 0.717) is 18.3 Å². The van der Waals surface area contributed by atoms with Crippen LogP contribution in [0.4, 0.5) is 0 Å². The highest BCUT2D eigenvalue weighted by atomic mass is 32.2. The monoisotopic (exact) mass is 349 g/mol. The summed E-state index contributed by atoms with van der Waals surface area (Å²) in [5, 5.41) is 10.3. The van der Waals surface area contributed by atoms with Crippen molar-refractivity contribution in [2.24, 2.45) is 0 Å². The molecule has 0 N–H and O–H groups in total. The fourth-order valence-electron chi connectivity index (χ4n) is 2.90. The molecule has 1 aliphatic rings. The van der Waals surface area contributed by atoms with Gasteiger partial charge in [0.25, 0.3) is 5.56 Å². The van der Waals surface area contributed by atoms with Crippen LogP contribution in [0.15, 0.2) is 9.95 Å². The normalized spacial score (nSPS) is 14.8. The van der Waals surface area contributed by atoms with Gasteiger partial charge in [0.2, 0.25) is 0 Å². The molecule has 0 radical (unpaired) electrons. The SMILES string of the molecule is COCCCn1c(S[C@@H](C)C#N)nc2sc3c(c2c1=O)CCC3. The first-order chi connectivity index (χ1) is 11.2. The van der Waals surface area contributed by atoms with Crippen LogP contribution >= 0.6 is 23.1 Å². The molecule has 0 amide bonds. The van der Waals surface area contributed by atoms with Crippen LogP contribution < -0.4 is 5.56 Å². The van der Waals surface area contributed by atoms with Crippen molar-refractivity contribution < 1.29 is 4.74 Å². The van der Waals surface area contributed by atoms with Gasteiger partial charge in [-0.25, -0.2) is 4.98 Å². The Kier molecular flexibility index (Phi) is 5.05. The first kappa shape index (κ1) is 16.5. The molecule has 0 spiro atoms. The van der Waals surface area contributed by atoms with Gasteiger partial charge in [0, 0.05) is 25.1 Å². The van der Waals surface area contributed by atoms with Gasteiger partial charge >= 0.3 is 0 Å². The molecule has 0 saturated heterocycles. The van der Waals surface area contributed by atoms with Gasteiger partial charge in [-0.3, -0.25) is 9.36 Å². The van der Waals surface area contributed by atoms with Crippen molar-refractivity contribution in [3.63, 3.8) is 0 Å². The maximum Gasteiger partial charge on any atom is 0.263 e. The molecule has 5 nitrogen and oxygen atoms in total. The molecule has 1 aliphatic carbocycles. The van der Waals surface area contributed by atoms with Crippen LogP contribution in [0.25, 0.3) is 10.2 Å². The number of hydrogen-bond donors (Lipinski definition) is 0. The van der Waals surface area contributed by atoms with E-state index in [0.717, 1.165) is 35.9 Å². The summed E-state index contributed by atoms with van der Waals surface area (Å²) in [6, 6.07) is 2.20. The lowest BCUT2D eigenvalue weighted by Gasteiger charge is -2.12. The van der Waals surface area contributed by atoms with Crippen LogP contribution in [0, 0.1) is 11.3 Å². The van der Waals surface area contributed by atoms with Crippen molar-refractivity contribution in [3.05, 3.63) is 20.8 Å². The first-order valence-corrected chi connectivity index (χ1v) is 9.45. The van der Waals surface area contributed by atoms with E-state index >= 15 is 0 Å². The lowest BCUT2D eigenvalue weighted by atomic mass is 10.2. The number of nitriles is 1. The summed E-state index contributed by atoms with van der Waals surface area (Å²) in [6.45, 7) is 3.00. The molecule has 2 aromatic rings. The molecular weight excluding hydrogens is 330 g/mol. The average Bonchev–Trinajstić information content (AvgIpc) is 3.10. The standard InChI is InChI=1S/C16H19N3O2S2/c1-10(9-17)22-16-18-14-13(11-5-3-6-12(11)23-14)15(20)19(16)7-4-8-21-2/h10H,3-8H2,1-2H3/t10-/m0/s1. The number of methoxy groups -OCH3 is 1. The molecule has 122 valence electrons. The van der Waals surface area contributed by atoms with E-state index in [1.807, 2.05) is 6.92 Å². The summed E-state index contributed by atoms with van der Waals surface area (Å²) in [4.78, 5) is 19.9.